The Kier molecular flexibility index (Phi) is 2.02. The average molecular weight is 246 g/mol. The normalized spacial score (nSPS) is 26.1. The van der Waals surface area contributed by atoms with Gasteiger partial charge in [0.15, 0.2) is 0 Å². The molecule has 1 fully saturated rings. The lowest BCUT2D eigenvalue weighted by molar-refractivity contribution is -0.145. The van der Waals surface area contributed by atoms with Crippen LogP contribution in [0.4, 0.5) is 0 Å². The minimum Gasteiger partial charge on any atom is -0.481 e. The highest BCUT2D eigenvalue weighted by Crippen LogP contribution is 2.56. The molecule has 1 aromatic carbocycles. The van der Waals surface area contributed by atoms with Gasteiger partial charge in [-0.2, -0.15) is 0 Å². The van der Waals surface area contributed by atoms with Gasteiger partial charge in [-0.25, -0.2) is 0 Å². The van der Waals surface area contributed by atoms with Crippen molar-refractivity contribution in [3.05, 3.63) is 36.1 Å². The molecular weight excluding hydrogens is 236 g/mol. The van der Waals surface area contributed by atoms with Crippen LogP contribution >= 0.6 is 0 Å². The Labute approximate surface area is 102 Å². The summed E-state index contributed by atoms with van der Waals surface area (Å²) in [6, 6.07) is 7.03. The summed E-state index contributed by atoms with van der Waals surface area (Å²) in [7, 11) is 0. The zero-order valence-corrected chi connectivity index (χ0v) is 9.29. The lowest BCUT2D eigenvalue weighted by atomic mass is 9.93. The predicted octanol–water partition coefficient (Wildman–Crippen LogP) is 1.86. The molecule has 18 heavy (non-hydrogen) atoms. The fourth-order valence-corrected chi connectivity index (χ4v) is 2.53. The highest BCUT2D eigenvalue weighted by atomic mass is 16.4. The van der Waals surface area contributed by atoms with E-state index < -0.39 is 23.3 Å². The molecule has 0 radical (unpaired) electrons. The maximum Gasteiger partial charge on any atom is 0.315 e. The van der Waals surface area contributed by atoms with Crippen LogP contribution in [0.1, 0.15) is 12.0 Å². The molecule has 0 bridgehead atoms. The van der Waals surface area contributed by atoms with Gasteiger partial charge in [0.1, 0.15) is 11.0 Å². The van der Waals surface area contributed by atoms with Crippen LogP contribution in [0.2, 0.25) is 0 Å². The lowest BCUT2D eigenvalue weighted by Crippen LogP contribution is -2.24. The first-order valence-corrected chi connectivity index (χ1v) is 5.50. The molecule has 2 N–H and O–H groups in total. The summed E-state index contributed by atoms with van der Waals surface area (Å²) in [5, 5.41) is 19.0. The van der Waals surface area contributed by atoms with Crippen LogP contribution in [0.3, 0.4) is 0 Å². The fraction of sp³-hybridized carbons (Fsp3) is 0.231. The van der Waals surface area contributed by atoms with Crippen LogP contribution in [0.5, 0.6) is 0 Å². The smallest absolute Gasteiger partial charge is 0.315 e. The van der Waals surface area contributed by atoms with Gasteiger partial charge < -0.3 is 14.6 Å². The van der Waals surface area contributed by atoms with E-state index in [9.17, 15) is 14.7 Å². The number of rotatable bonds is 3. The zero-order chi connectivity index (χ0) is 12.9. The quantitative estimate of drug-likeness (QED) is 0.862. The maximum atomic E-state index is 11.4. The summed E-state index contributed by atoms with van der Waals surface area (Å²) in [6.07, 6.45) is 1.48. The highest BCUT2D eigenvalue weighted by molar-refractivity contribution is 5.99. The molecule has 3 rings (SSSR count). The SMILES string of the molecule is O=C(O)C1CC1(C(=O)O)c1coc2ccccc12. The Balaban J connectivity index is 2.19. The second-order valence-electron chi connectivity index (χ2n) is 4.52. The summed E-state index contributed by atoms with van der Waals surface area (Å²) < 4.78 is 5.30. The van der Waals surface area contributed by atoms with Crippen molar-refractivity contribution < 1.29 is 24.2 Å². The molecule has 1 aromatic heterocycles. The molecule has 1 aliphatic rings. The highest BCUT2D eigenvalue weighted by Gasteiger charge is 2.66. The summed E-state index contributed by atoms with van der Waals surface area (Å²) in [6.45, 7) is 0. The second-order valence-corrected chi connectivity index (χ2v) is 4.52. The number of carboxylic acids is 2. The molecule has 1 heterocycles. The first-order valence-electron chi connectivity index (χ1n) is 5.50. The molecule has 92 valence electrons. The van der Waals surface area contributed by atoms with E-state index in [1.807, 2.05) is 0 Å². The molecule has 0 spiro atoms. The molecular formula is C13H10O5. The van der Waals surface area contributed by atoms with E-state index in [1.54, 1.807) is 24.3 Å². The summed E-state index contributed by atoms with van der Waals surface area (Å²) in [5.41, 5.74) is -0.305. The Morgan fingerprint density at radius 3 is 2.61 bits per heavy atom. The minimum absolute atomic E-state index is 0.112. The van der Waals surface area contributed by atoms with Crippen molar-refractivity contribution in [1.82, 2.24) is 0 Å². The van der Waals surface area contributed by atoms with Gasteiger partial charge in [-0.05, 0) is 12.5 Å². The number of carboxylic acid groups (broad SMARTS) is 2. The number of benzene rings is 1. The van der Waals surface area contributed by atoms with Gasteiger partial charge in [0.25, 0.3) is 0 Å². The monoisotopic (exact) mass is 246 g/mol. The predicted molar refractivity (Wildman–Crippen MR) is 61.3 cm³/mol. The number of carbonyl (C=O) groups is 2. The summed E-state index contributed by atoms with van der Waals surface area (Å²) in [4.78, 5) is 22.5. The molecule has 1 aliphatic carbocycles. The molecule has 2 unspecified atom stereocenters. The van der Waals surface area contributed by atoms with Gasteiger partial charge in [0.2, 0.25) is 0 Å². The first kappa shape index (κ1) is 10.8. The van der Waals surface area contributed by atoms with E-state index in [-0.39, 0.29) is 6.42 Å². The molecule has 0 amide bonds. The summed E-state index contributed by atoms with van der Waals surface area (Å²) in [5.74, 6) is -3.07. The topological polar surface area (TPSA) is 87.7 Å². The Morgan fingerprint density at radius 2 is 2.00 bits per heavy atom. The third-order valence-electron chi connectivity index (χ3n) is 3.60. The van der Waals surface area contributed by atoms with Crippen LogP contribution in [0.15, 0.2) is 34.9 Å². The number of furan rings is 1. The van der Waals surface area contributed by atoms with Crippen molar-refractivity contribution >= 4 is 22.9 Å². The number of hydrogen-bond acceptors (Lipinski definition) is 3. The minimum atomic E-state index is -1.33. The summed E-state index contributed by atoms with van der Waals surface area (Å²) >= 11 is 0. The van der Waals surface area contributed by atoms with Crippen molar-refractivity contribution in [3.8, 4) is 0 Å². The van der Waals surface area contributed by atoms with E-state index in [2.05, 4.69) is 0 Å². The van der Waals surface area contributed by atoms with Gasteiger partial charge in [0, 0.05) is 10.9 Å². The molecule has 2 atom stereocenters. The van der Waals surface area contributed by atoms with E-state index in [1.165, 1.54) is 6.26 Å². The van der Waals surface area contributed by atoms with Crippen molar-refractivity contribution in [2.24, 2.45) is 5.92 Å². The average Bonchev–Trinajstić information content (AvgIpc) is 2.96. The van der Waals surface area contributed by atoms with E-state index in [4.69, 9.17) is 9.52 Å². The van der Waals surface area contributed by atoms with Gasteiger partial charge in [0.05, 0.1) is 12.2 Å². The zero-order valence-electron chi connectivity index (χ0n) is 9.29. The van der Waals surface area contributed by atoms with Crippen molar-refractivity contribution in [3.63, 3.8) is 0 Å². The Morgan fingerprint density at radius 1 is 1.28 bits per heavy atom. The van der Waals surface area contributed by atoms with Gasteiger partial charge in [-0.1, -0.05) is 18.2 Å². The number of aliphatic carboxylic acids is 2. The van der Waals surface area contributed by atoms with Gasteiger partial charge in [-0.3, -0.25) is 9.59 Å². The van der Waals surface area contributed by atoms with Crippen molar-refractivity contribution in [2.75, 3.05) is 0 Å². The number of para-hydroxylation sites is 1. The second kappa shape index (κ2) is 3.35. The first-order chi connectivity index (χ1) is 8.57. The van der Waals surface area contributed by atoms with Crippen LogP contribution in [-0.4, -0.2) is 22.2 Å². The molecule has 0 saturated heterocycles. The molecule has 5 heteroatoms. The van der Waals surface area contributed by atoms with Gasteiger partial charge in [-0.15, -0.1) is 0 Å². The van der Waals surface area contributed by atoms with E-state index >= 15 is 0 Å². The Bertz CT molecular complexity index is 656. The lowest BCUT2D eigenvalue weighted by Gasteiger charge is -2.08. The number of hydrogen-bond donors (Lipinski definition) is 2. The van der Waals surface area contributed by atoms with Gasteiger partial charge >= 0.3 is 11.9 Å². The largest absolute Gasteiger partial charge is 0.481 e. The van der Waals surface area contributed by atoms with Crippen molar-refractivity contribution in [2.45, 2.75) is 11.8 Å². The van der Waals surface area contributed by atoms with E-state index in [0.717, 1.165) is 0 Å². The molecule has 5 nitrogen and oxygen atoms in total. The molecule has 2 aromatic rings. The fourth-order valence-electron chi connectivity index (χ4n) is 2.53. The van der Waals surface area contributed by atoms with Crippen molar-refractivity contribution in [1.29, 1.82) is 0 Å². The van der Waals surface area contributed by atoms with E-state index in [0.29, 0.717) is 16.5 Å². The number of fused-ring (bicyclic) bond motifs is 1. The third kappa shape index (κ3) is 1.21. The van der Waals surface area contributed by atoms with Crippen LogP contribution in [-0.2, 0) is 15.0 Å². The molecule has 0 aliphatic heterocycles. The standard InChI is InChI=1S/C13H10O5/c14-11(15)8-5-13(8,12(16)17)9-6-18-10-4-2-1-3-7(9)10/h1-4,6,8H,5H2,(H,14,15)(H,16,17). The molecule has 1 saturated carbocycles. The van der Waals surface area contributed by atoms with Crippen LogP contribution in [0, 0.1) is 5.92 Å². The maximum absolute atomic E-state index is 11.4. The Hall–Kier alpha value is -2.30. The third-order valence-corrected chi connectivity index (χ3v) is 3.60. The van der Waals surface area contributed by atoms with Crippen LogP contribution in [0.25, 0.3) is 11.0 Å². The van der Waals surface area contributed by atoms with Crippen LogP contribution < -0.4 is 0 Å².